The first kappa shape index (κ1) is 12.3. The van der Waals surface area contributed by atoms with Crippen LogP contribution in [-0.4, -0.2) is 11.9 Å². The predicted molar refractivity (Wildman–Crippen MR) is 63.1 cm³/mol. The number of amides is 1. The second-order valence-electron chi connectivity index (χ2n) is 3.51. The van der Waals surface area contributed by atoms with Crippen molar-refractivity contribution >= 4 is 23.2 Å². The zero-order chi connectivity index (χ0) is 12.3. The van der Waals surface area contributed by atoms with E-state index < -0.39 is 11.9 Å². The molecular formula is C11H12ClN3O. The number of halogens is 1. The Labute approximate surface area is 99.0 Å². The molecule has 0 aliphatic rings. The summed E-state index contributed by atoms with van der Waals surface area (Å²) >= 11 is 5.84. The van der Waals surface area contributed by atoms with Gasteiger partial charge in [-0.25, -0.2) is 0 Å². The average Bonchev–Trinajstić information content (AvgIpc) is 2.22. The lowest BCUT2D eigenvalue weighted by Gasteiger charge is -2.11. The number of anilines is 1. The first-order chi connectivity index (χ1) is 7.45. The minimum Gasteiger partial charge on any atom is -0.398 e. The predicted octanol–water partition coefficient (Wildman–Crippen LogP) is 1.87. The molecule has 5 heteroatoms. The molecule has 1 aromatic rings. The number of benzene rings is 1. The molecule has 1 rings (SSSR count). The summed E-state index contributed by atoms with van der Waals surface area (Å²) in [4.78, 5) is 11.7. The molecule has 1 amide bonds. The highest BCUT2D eigenvalue weighted by Crippen LogP contribution is 2.22. The number of nitrogens with two attached hydrogens (primary N) is 1. The van der Waals surface area contributed by atoms with Crippen LogP contribution in [0, 0.1) is 18.3 Å². The fraction of sp³-hybridized carbons (Fsp3) is 0.273. The Hall–Kier alpha value is -1.73. The first-order valence-corrected chi connectivity index (χ1v) is 5.09. The Morgan fingerprint density at radius 3 is 2.81 bits per heavy atom. The lowest BCUT2D eigenvalue weighted by Crippen LogP contribution is -2.31. The quantitative estimate of drug-likeness (QED) is 0.771. The summed E-state index contributed by atoms with van der Waals surface area (Å²) in [5.74, 6) is -0.392. The van der Waals surface area contributed by atoms with Crippen molar-refractivity contribution in [3.05, 3.63) is 28.3 Å². The van der Waals surface area contributed by atoms with Crippen LogP contribution < -0.4 is 11.1 Å². The van der Waals surface area contributed by atoms with Gasteiger partial charge >= 0.3 is 0 Å². The molecule has 16 heavy (non-hydrogen) atoms. The zero-order valence-electron chi connectivity index (χ0n) is 9.04. The number of carbonyl (C=O) groups is 1. The fourth-order valence-electron chi connectivity index (χ4n) is 1.25. The molecule has 0 heterocycles. The highest BCUT2D eigenvalue weighted by atomic mass is 35.5. The van der Waals surface area contributed by atoms with Gasteiger partial charge in [-0.3, -0.25) is 4.79 Å². The first-order valence-electron chi connectivity index (χ1n) is 4.71. The Balaban J connectivity index is 3.05. The third kappa shape index (κ3) is 2.65. The summed E-state index contributed by atoms with van der Waals surface area (Å²) in [5, 5.41) is 11.5. The van der Waals surface area contributed by atoms with Crippen LogP contribution in [0.25, 0.3) is 0 Å². The fourth-order valence-corrected chi connectivity index (χ4v) is 1.52. The van der Waals surface area contributed by atoms with Crippen LogP contribution >= 0.6 is 11.6 Å². The highest BCUT2D eigenvalue weighted by Gasteiger charge is 2.14. The van der Waals surface area contributed by atoms with Crippen molar-refractivity contribution in [1.29, 1.82) is 5.26 Å². The van der Waals surface area contributed by atoms with Gasteiger partial charge in [-0.2, -0.15) is 5.26 Å². The van der Waals surface area contributed by atoms with Gasteiger partial charge in [0.05, 0.1) is 11.6 Å². The number of nitrogen functional groups attached to an aromatic ring is 1. The van der Waals surface area contributed by atoms with Crippen LogP contribution in [0.3, 0.4) is 0 Å². The Bertz CT molecular complexity index is 465. The van der Waals surface area contributed by atoms with E-state index in [1.54, 1.807) is 19.9 Å². The minimum absolute atomic E-state index is 0.298. The highest BCUT2D eigenvalue weighted by molar-refractivity contribution is 6.31. The largest absolute Gasteiger partial charge is 0.398 e. The number of carbonyl (C=O) groups excluding carboxylic acids is 1. The molecule has 0 bridgehead atoms. The minimum atomic E-state index is -0.564. The molecule has 4 nitrogen and oxygen atoms in total. The third-order valence-corrected chi connectivity index (χ3v) is 2.36. The molecule has 1 unspecified atom stereocenters. The number of hydrogen-bond donors (Lipinski definition) is 2. The molecule has 3 N–H and O–H groups in total. The van der Waals surface area contributed by atoms with Crippen molar-refractivity contribution in [3.8, 4) is 6.07 Å². The smallest absolute Gasteiger partial charge is 0.254 e. The molecule has 0 saturated heterocycles. The van der Waals surface area contributed by atoms with E-state index in [1.807, 2.05) is 6.07 Å². The molecule has 1 aromatic carbocycles. The van der Waals surface area contributed by atoms with E-state index in [9.17, 15) is 4.79 Å². The number of nitrogens with one attached hydrogen (secondary N) is 1. The molecule has 0 aliphatic heterocycles. The second-order valence-corrected chi connectivity index (χ2v) is 3.94. The van der Waals surface area contributed by atoms with E-state index in [2.05, 4.69) is 5.32 Å². The number of nitrogens with zero attached hydrogens (tertiary/aromatic N) is 1. The zero-order valence-corrected chi connectivity index (χ0v) is 9.80. The lowest BCUT2D eigenvalue weighted by molar-refractivity contribution is 0.0948. The number of aryl methyl sites for hydroxylation is 1. The molecule has 84 valence electrons. The summed E-state index contributed by atoms with van der Waals surface area (Å²) in [6, 6.07) is 4.52. The topological polar surface area (TPSA) is 78.9 Å². The van der Waals surface area contributed by atoms with Gasteiger partial charge in [-0.15, -0.1) is 0 Å². The SMILES string of the molecule is Cc1cc(Cl)cc(C(=O)NC(C)C#N)c1N. The van der Waals surface area contributed by atoms with Crippen LogP contribution in [0.15, 0.2) is 12.1 Å². The van der Waals surface area contributed by atoms with Crippen molar-refractivity contribution < 1.29 is 4.79 Å². The molecule has 0 radical (unpaired) electrons. The van der Waals surface area contributed by atoms with E-state index in [4.69, 9.17) is 22.6 Å². The summed E-state index contributed by atoms with van der Waals surface area (Å²) in [5.41, 5.74) is 7.19. The van der Waals surface area contributed by atoms with Gasteiger partial charge < -0.3 is 11.1 Å². The summed E-state index contributed by atoms with van der Waals surface area (Å²) < 4.78 is 0. The maximum absolute atomic E-state index is 11.7. The van der Waals surface area contributed by atoms with Crippen molar-refractivity contribution in [2.45, 2.75) is 19.9 Å². The maximum atomic E-state index is 11.7. The van der Waals surface area contributed by atoms with Gasteiger partial charge in [0, 0.05) is 10.7 Å². The van der Waals surface area contributed by atoms with E-state index in [-0.39, 0.29) is 0 Å². The Morgan fingerprint density at radius 1 is 1.62 bits per heavy atom. The van der Waals surface area contributed by atoms with Crippen LogP contribution in [0.5, 0.6) is 0 Å². The van der Waals surface area contributed by atoms with Gasteiger partial charge in [0.1, 0.15) is 6.04 Å². The molecule has 0 aliphatic carbocycles. The number of rotatable bonds is 2. The summed E-state index contributed by atoms with van der Waals surface area (Å²) in [6.07, 6.45) is 0. The van der Waals surface area contributed by atoms with Crippen LogP contribution in [0.4, 0.5) is 5.69 Å². The van der Waals surface area contributed by atoms with E-state index in [0.717, 1.165) is 5.56 Å². The van der Waals surface area contributed by atoms with Crippen LogP contribution in [-0.2, 0) is 0 Å². The molecule has 0 saturated carbocycles. The molecular weight excluding hydrogens is 226 g/mol. The monoisotopic (exact) mass is 237 g/mol. The van der Waals surface area contributed by atoms with Gasteiger partial charge in [0.25, 0.3) is 5.91 Å². The van der Waals surface area contributed by atoms with Gasteiger partial charge in [0.2, 0.25) is 0 Å². The lowest BCUT2D eigenvalue weighted by atomic mass is 10.1. The van der Waals surface area contributed by atoms with E-state index in [1.165, 1.54) is 6.07 Å². The average molecular weight is 238 g/mol. The molecule has 0 fully saturated rings. The van der Waals surface area contributed by atoms with Gasteiger partial charge in [-0.1, -0.05) is 11.6 Å². The van der Waals surface area contributed by atoms with Gasteiger partial charge in [-0.05, 0) is 31.5 Å². The standard InChI is InChI=1S/C11H12ClN3O/c1-6-3-8(12)4-9(10(6)14)11(16)15-7(2)5-13/h3-4,7H,14H2,1-2H3,(H,15,16). The molecule has 0 spiro atoms. The maximum Gasteiger partial charge on any atom is 0.254 e. The Morgan fingerprint density at radius 2 is 2.25 bits per heavy atom. The van der Waals surface area contributed by atoms with E-state index in [0.29, 0.717) is 16.3 Å². The van der Waals surface area contributed by atoms with Crippen molar-refractivity contribution in [2.24, 2.45) is 0 Å². The second kappa shape index (κ2) is 4.86. The molecule has 1 atom stereocenters. The summed E-state index contributed by atoms with van der Waals surface area (Å²) in [7, 11) is 0. The van der Waals surface area contributed by atoms with E-state index >= 15 is 0 Å². The third-order valence-electron chi connectivity index (χ3n) is 2.14. The Kier molecular flexibility index (Phi) is 3.75. The van der Waals surface area contributed by atoms with Crippen molar-refractivity contribution in [1.82, 2.24) is 5.32 Å². The normalized spacial score (nSPS) is 11.6. The number of nitriles is 1. The van der Waals surface area contributed by atoms with Crippen molar-refractivity contribution in [3.63, 3.8) is 0 Å². The van der Waals surface area contributed by atoms with Gasteiger partial charge in [0.15, 0.2) is 0 Å². The van der Waals surface area contributed by atoms with Crippen molar-refractivity contribution in [2.75, 3.05) is 5.73 Å². The van der Waals surface area contributed by atoms with Crippen LogP contribution in [0.2, 0.25) is 5.02 Å². The summed E-state index contributed by atoms with van der Waals surface area (Å²) in [6.45, 7) is 3.36. The number of hydrogen-bond acceptors (Lipinski definition) is 3. The molecule has 0 aromatic heterocycles. The van der Waals surface area contributed by atoms with Crippen LogP contribution in [0.1, 0.15) is 22.8 Å².